The average molecular weight is 303 g/mol. The fourth-order valence-electron chi connectivity index (χ4n) is 1.66. The van der Waals surface area contributed by atoms with Crippen LogP contribution in [0.25, 0.3) is 0 Å². The van der Waals surface area contributed by atoms with Crippen LogP contribution in [0.2, 0.25) is 0 Å². The number of hydrogen-bond acceptors (Lipinski definition) is 4. The number of rotatable bonds is 7. The van der Waals surface area contributed by atoms with Gasteiger partial charge in [0.1, 0.15) is 6.04 Å². The molecule has 1 rings (SSSR count). The number of aromatic nitrogens is 2. The highest BCUT2D eigenvalue weighted by molar-refractivity contribution is 7.89. The SMILES string of the molecule is CC(C)CC(NS(=O)(=O)c1cn(C(C)C)cn1)C(=O)O. The molecular weight excluding hydrogens is 282 g/mol. The molecule has 1 atom stereocenters. The standard InChI is InChI=1S/C12H21N3O4S/c1-8(2)5-10(12(16)17)14-20(18,19)11-6-15(7-13-11)9(3)4/h6-10,14H,5H2,1-4H3,(H,16,17). The van der Waals surface area contributed by atoms with Crippen molar-refractivity contribution in [1.82, 2.24) is 14.3 Å². The number of carboxylic acids is 1. The quantitative estimate of drug-likeness (QED) is 0.789. The summed E-state index contributed by atoms with van der Waals surface area (Å²) in [4.78, 5) is 14.9. The molecule has 1 heterocycles. The second-order valence-corrected chi connectivity index (χ2v) is 7.06. The maximum absolute atomic E-state index is 12.1. The molecule has 2 N–H and O–H groups in total. The van der Waals surface area contributed by atoms with Crippen molar-refractivity contribution in [2.24, 2.45) is 5.92 Å². The number of nitrogens with one attached hydrogen (secondary N) is 1. The number of imidazole rings is 1. The predicted molar refractivity (Wildman–Crippen MR) is 73.8 cm³/mol. The van der Waals surface area contributed by atoms with Crippen molar-refractivity contribution in [3.63, 3.8) is 0 Å². The van der Waals surface area contributed by atoms with Crippen molar-refractivity contribution >= 4 is 16.0 Å². The molecule has 1 aromatic heterocycles. The van der Waals surface area contributed by atoms with Crippen LogP contribution < -0.4 is 4.72 Å². The highest BCUT2D eigenvalue weighted by Gasteiger charge is 2.27. The van der Waals surface area contributed by atoms with E-state index in [2.05, 4.69) is 9.71 Å². The highest BCUT2D eigenvalue weighted by atomic mass is 32.2. The fourth-order valence-corrected chi connectivity index (χ4v) is 2.80. The monoisotopic (exact) mass is 303 g/mol. The lowest BCUT2D eigenvalue weighted by molar-refractivity contribution is -0.139. The first kappa shape index (κ1) is 16.6. The van der Waals surface area contributed by atoms with E-state index in [1.54, 1.807) is 4.57 Å². The molecule has 1 unspecified atom stereocenters. The summed E-state index contributed by atoms with van der Waals surface area (Å²) in [6.45, 7) is 7.45. The average Bonchev–Trinajstić information content (AvgIpc) is 2.76. The van der Waals surface area contributed by atoms with Crippen molar-refractivity contribution in [3.8, 4) is 0 Å². The third kappa shape index (κ3) is 4.31. The van der Waals surface area contributed by atoms with E-state index in [-0.39, 0.29) is 23.4 Å². The summed E-state index contributed by atoms with van der Waals surface area (Å²) >= 11 is 0. The van der Waals surface area contributed by atoms with Crippen molar-refractivity contribution in [1.29, 1.82) is 0 Å². The third-order valence-electron chi connectivity index (χ3n) is 2.75. The van der Waals surface area contributed by atoms with Crippen molar-refractivity contribution in [2.75, 3.05) is 0 Å². The van der Waals surface area contributed by atoms with Gasteiger partial charge < -0.3 is 9.67 Å². The molecule has 20 heavy (non-hydrogen) atoms. The van der Waals surface area contributed by atoms with Crippen molar-refractivity contribution < 1.29 is 18.3 Å². The molecule has 0 radical (unpaired) electrons. The molecule has 8 heteroatoms. The second kappa shape index (κ2) is 6.36. The van der Waals surface area contributed by atoms with Crippen molar-refractivity contribution in [2.45, 2.75) is 51.2 Å². The van der Waals surface area contributed by atoms with Crippen LogP contribution in [0.4, 0.5) is 0 Å². The van der Waals surface area contributed by atoms with Crippen LogP contribution in [-0.4, -0.2) is 35.1 Å². The Balaban J connectivity index is 2.94. The highest BCUT2D eigenvalue weighted by Crippen LogP contribution is 2.13. The normalized spacial score (nSPS) is 13.9. The molecule has 7 nitrogen and oxygen atoms in total. The summed E-state index contributed by atoms with van der Waals surface area (Å²) in [5.74, 6) is -1.13. The Morgan fingerprint density at radius 2 is 2.00 bits per heavy atom. The van der Waals surface area contributed by atoms with Gasteiger partial charge in [-0.15, -0.1) is 0 Å². The van der Waals surface area contributed by atoms with Gasteiger partial charge in [0.15, 0.2) is 5.03 Å². The fraction of sp³-hybridized carbons (Fsp3) is 0.667. The van der Waals surface area contributed by atoms with E-state index in [1.165, 1.54) is 12.5 Å². The largest absolute Gasteiger partial charge is 0.480 e. The maximum atomic E-state index is 12.1. The zero-order chi connectivity index (χ0) is 15.5. The van der Waals surface area contributed by atoms with Crippen LogP contribution in [-0.2, 0) is 14.8 Å². The van der Waals surface area contributed by atoms with E-state index in [9.17, 15) is 13.2 Å². The van der Waals surface area contributed by atoms with Gasteiger partial charge in [0, 0.05) is 12.2 Å². The minimum absolute atomic E-state index is 0.0621. The Kier molecular flexibility index (Phi) is 5.29. The Morgan fingerprint density at radius 3 is 2.40 bits per heavy atom. The topological polar surface area (TPSA) is 101 Å². The van der Waals surface area contributed by atoms with Gasteiger partial charge in [0.2, 0.25) is 0 Å². The van der Waals surface area contributed by atoms with E-state index >= 15 is 0 Å². The zero-order valence-electron chi connectivity index (χ0n) is 12.1. The molecule has 0 saturated carbocycles. The lowest BCUT2D eigenvalue weighted by Gasteiger charge is -2.15. The molecule has 0 aliphatic heterocycles. The number of nitrogens with zero attached hydrogens (tertiary/aromatic N) is 2. The van der Waals surface area contributed by atoms with Crippen LogP contribution in [0.15, 0.2) is 17.6 Å². The molecule has 0 aliphatic carbocycles. The summed E-state index contributed by atoms with van der Waals surface area (Å²) in [6.07, 6.45) is 3.03. The molecule has 0 fully saturated rings. The van der Waals surface area contributed by atoms with E-state index in [0.29, 0.717) is 0 Å². The first-order valence-electron chi connectivity index (χ1n) is 6.42. The number of carboxylic acid groups (broad SMARTS) is 1. The lowest BCUT2D eigenvalue weighted by Crippen LogP contribution is -2.41. The Hall–Kier alpha value is -1.41. The first-order valence-corrected chi connectivity index (χ1v) is 7.90. The Morgan fingerprint density at radius 1 is 1.40 bits per heavy atom. The predicted octanol–water partition coefficient (Wildman–Crippen LogP) is 1.24. The summed E-state index contributed by atoms with van der Waals surface area (Å²) < 4.78 is 28.1. The van der Waals surface area contributed by atoms with Gasteiger partial charge >= 0.3 is 5.97 Å². The summed E-state index contributed by atoms with van der Waals surface area (Å²) in [5.41, 5.74) is 0. The van der Waals surface area contributed by atoms with E-state index in [1.807, 2.05) is 27.7 Å². The van der Waals surface area contributed by atoms with Crippen LogP contribution in [0, 0.1) is 5.92 Å². The molecular formula is C12H21N3O4S. The number of aliphatic carboxylic acids is 1. The molecule has 1 aromatic rings. The molecule has 0 bridgehead atoms. The van der Waals surface area contributed by atoms with Crippen LogP contribution in [0.3, 0.4) is 0 Å². The zero-order valence-corrected chi connectivity index (χ0v) is 12.9. The molecule has 0 spiro atoms. The molecule has 0 aliphatic rings. The maximum Gasteiger partial charge on any atom is 0.321 e. The molecule has 0 saturated heterocycles. The van der Waals surface area contributed by atoms with Gasteiger partial charge in [0.25, 0.3) is 10.0 Å². The lowest BCUT2D eigenvalue weighted by atomic mass is 10.1. The summed E-state index contributed by atoms with van der Waals surface area (Å²) in [6, 6.07) is -1.07. The molecule has 114 valence electrons. The van der Waals surface area contributed by atoms with Gasteiger partial charge in [-0.2, -0.15) is 4.72 Å². The Bertz CT molecular complexity index is 563. The van der Waals surface area contributed by atoms with Gasteiger partial charge in [0.05, 0.1) is 6.33 Å². The van der Waals surface area contributed by atoms with Crippen LogP contribution in [0.1, 0.15) is 40.2 Å². The number of carbonyl (C=O) groups is 1. The van der Waals surface area contributed by atoms with Gasteiger partial charge in [-0.1, -0.05) is 13.8 Å². The van der Waals surface area contributed by atoms with E-state index in [0.717, 1.165) is 0 Å². The van der Waals surface area contributed by atoms with Crippen molar-refractivity contribution in [3.05, 3.63) is 12.5 Å². The van der Waals surface area contributed by atoms with Gasteiger partial charge in [-0.3, -0.25) is 4.79 Å². The molecule has 0 amide bonds. The van der Waals surface area contributed by atoms with Crippen LogP contribution >= 0.6 is 0 Å². The van der Waals surface area contributed by atoms with Crippen LogP contribution in [0.5, 0.6) is 0 Å². The second-order valence-electron chi connectivity index (χ2n) is 5.39. The summed E-state index contributed by atoms with van der Waals surface area (Å²) in [5, 5.41) is 8.91. The summed E-state index contributed by atoms with van der Waals surface area (Å²) in [7, 11) is -3.93. The minimum Gasteiger partial charge on any atom is -0.480 e. The van der Waals surface area contributed by atoms with E-state index < -0.39 is 22.0 Å². The Labute approximate surface area is 119 Å². The number of sulfonamides is 1. The smallest absolute Gasteiger partial charge is 0.321 e. The number of hydrogen-bond donors (Lipinski definition) is 2. The first-order chi connectivity index (χ1) is 9.13. The van der Waals surface area contributed by atoms with Gasteiger partial charge in [-0.25, -0.2) is 13.4 Å². The molecule has 0 aromatic carbocycles. The third-order valence-corrected chi connectivity index (χ3v) is 4.11. The van der Waals surface area contributed by atoms with E-state index in [4.69, 9.17) is 5.11 Å². The minimum atomic E-state index is -3.93. The van der Waals surface area contributed by atoms with Gasteiger partial charge in [-0.05, 0) is 26.2 Å².